The van der Waals surface area contributed by atoms with Crippen LogP contribution in [0.15, 0.2) is 5.16 Å². The smallest absolute Gasteiger partial charge is 0.321 e. The van der Waals surface area contributed by atoms with Gasteiger partial charge in [0.15, 0.2) is 5.16 Å². The van der Waals surface area contributed by atoms with Crippen molar-refractivity contribution in [1.29, 1.82) is 0 Å². The Labute approximate surface area is 129 Å². The Kier molecular flexibility index (Phi) is 7.14. The summed E-state index contributed by atoms with van der Waals surface area (Å²) in [6.07, 6.45) is 1.89. The fourth-order valence-corrected chi connectivity index (χ4v) is 2.26. The van der Waals surface area contributed by atoms with Crippen molar-refractivity contribution in [3.63, 3.8) is 0 Å². The van der Waals surface area contributed by atoms with Crippen LogP contribution in [0, 0.1) is 20.8 Å². The summed E-state index contributed by atoms with van der Waals surface area (Å²) in [5.74, 6) is -0.239. The van der Waals surface area contributed by atoms with E-state index in [2.05, 4.69) is 20.6 Å². The molecule has 3 amide bonds. The Balaban J connectivity index is 2.41. The van der Waals surface area contributed by atoms with Crippen LogP contribution < -0.4 is 10.6 Å². The third-order valence-corrected chi connectivity index (χ3v) is 3.86. The van der Waals surface area contributed by atoms with Gasteiger partial charge in [-0.2, -0.15) is 0 Å². The van der Waals surface area contributed by atoms with Crippen molar-refractivity contribution < 1.29 is 9.59 Å². The van der Waals surface area contributed by atoms with Crippen LogP contribution in [0.5, 0.6) is 0 Å². The number of aromatic nitrogens is 2. The van der Waals surface area contributed by atoms with Gasteiger partial charge in [0.25, 0.3) is 0 Å². The van der Waals surface area contributed by atoms with Crippen molar-refractivity contribution in [2.24, 2.45) is 0 Å². The molecule has 0 bridgehead atoms. The predicted molar refractivity (Wildman–Crippen MR) is 83.4 cm³/mol. The molecule has 0 spiro atoms. The summed E-state index contributed by atoms with van der Waals surface area (Å²) in [6.45, 7) is 8.40. The number of nitrogens with zero attached hydrogens (tertiary/aromatic N) is 2. The number of hydrogen-bond acceptors (Lipinski definition) is 5. The Morgan fingerprint density at radius 3 is 2.33 bits per heavy atom. The molecule has 1 heterocycles. The van der Waals surface area contributed by atoms with Crippen molar-refractivity contribution in [3.8, 4) is 0 Å². The van der Waals surface area contributed by atoms with E-state index in [1.807, 2.05) is 27.7 Å². The van der Waals surface area contributed by atoms with Gasteiger partial charge in [-0.15, -0.1) is 0 Å². The summed E-state index contributed by atoms with van der Waals surface area (Å²) < 4.78 is 0. The minimum Gasteiger partial charge on any atom is -0.338 e. The van der Waals surface area contributed by atoms with Gasteiger partial charge in [0.2, 0.25) is 5.91 Å². The van der Waals surface area contributed by atoms with Crippen LogP contribution in [0.3, 0.4) is 0 Å². The van der Waals surface area contributed by atoms with E-state index in [0.29, 0.717) is 11.7 Å². The SMILES string of the molecule is CCCCNC(=O)NC(=O)CSc1nc(C)c(C)c(C)n1. The van der Waals surface area contributed by atoms with E-state index in [4.69, 9.17) is 0 Å². The molecule has 0 fully saturated rings. The molecule has 1 aromatic rings. The molecule has 21 heavy (non-hydrogen) atoms. The minimum absolute atomic E-state index is 0.114. The van der Waals surface area contributed by atoms with Crippen molar-refractivity contribution in [3.05, 3.63) is 17.0 Å². The zero-order valence-electron chi connectivity index (χ0n) is 12.9. The van der Waals surface area contributed by atoms with E-state index in [1.54, 1.807) is 0 Å². The van der Waals surface area contributed by atoms with Gasteiger partial charge in [-0.25, -0.2) is 14.8 Å². The highest BCUT2D eigenvalue weighted by molar-refractivity contribution is 7.99. The largest absolute Gasteiger partial charge is 0.338 e. The highest BCUT2D eigenvalue weighted by Gasteiger charge is 2.10. The number of urea groups is 1. The third kappa shape index (κ3) is 6.12. The van der Waals surface area contributed by atoms with E-state index in [-0.39, 0.29) is 11.7 Å². The quantitative estimate of drug-likeness (QED) is 0.478. The summed E-state index contributed by atoms with van der Waals surface area (Å²) >= 11 is 1.22. The van der Waals surface area contributed by atoms with E-state index in [0.717, 1.165) is 29.8 Å². The highest BCUT2D eigenvalue weighted by Crippen LogP contribution is 2.16. The van der Waals surface area contributed by atoms with Gasteiger partial charge in [-0.05, 0) is 32.8 Å². The van der Waals surface area contributed by atoms with Crippen molar-refractivity contribution in [2.45, 2.75) is 45.7 Å². The van der Waals surface area contributed by atoms with Crippen LogP contribution >= 0.6 is 11.8 Å². The lowest BCUT2D eigenvalue weighted by atomic mass is 10.2. The van der Waals surface area contributed by atoms with E-state index in [9.17, 15) is 9.59 Å². The lowest BCUT2D eigenvalue weighted by molar-refractivity contribution is -0.117. The van der Waals surface area contributed by atoms with Crippen molar-refractivity contribution >= 4 is 23.7 Å². The van der Waals surface area contributed by atoms with Crippen molar-refractivity contribution in [1.82, 2.24) is 20.6 Å². The molecular formula is C14H22N4O2S. The predicted octanol–water partition coefficient (Wildman–Crippen LogP) is 2.12. The maximum Gasteiger partial charge on any atom is 0.321 e. The Bertz CT molecular complexity index is 497. The first-order valence-electron chi connectivity index (χ1n) is 6.96. The number of thioether (sulfide) groups is 1. The molecule has 6 nitrogen and oxygen atoms in total. The molecule has 7 heteroatoms. The normalized spacial score (nSPS) is 10.3. The van der Waals surface area contributed by atoms with E-state index < -0.39 is 6.03 Å². The molecule has 0 aromatic carbocycles. The molecule has 0 saturated carbocycles. The zero-order valence-corrected chi connectivity index (χ0v) is 13.8. The van der Waals surface area contributed by atoms with E-state index >= 15 is 0 Å². The van der Waals surface area contributed by atoms with Crippen LogP contribution in [0.2, 0.25) is 0 Å². The fraction of sp³-hybridized carbons (Fsp3) is 0.571. The second-order valence-electron chi connectivity index (χ2n) is 4.75. The van der Waals surface area contributed by atoms with Gasteiger partial charge in [0.1, 0.15) is 0 Å². The number of amides is 3. The molecule has 0 atom stereocenters. The summed E-state index contributed by atoms with van der Waals surface area (Å²) in [5, 5.41) is 5.46. The number of carbonyl (C=O) groups excluding carboxylic acids is 2. The van der Waals surface area contributed by atoms with Crippen molar-refractivity contribution in [2.75, 3.05) is 12.3 Å². The summed E-state index contributed by atoms with van der Waals surface area (Å²) in [7, 11) is 0. The van der Waals surface area contributed by atoms with Gasteiger partial charge in [-0.1, -0.05) is 25.1 Å². The van der Waals surface area contributed by atoms with Gasteiger partial charge in [0, 0.05) is 17.9 Å². The highest BCUT2D eigenvalue weighted by atomic mass is 32.2. The second-order valence-corrected chi connectivity index (χ2v) is 5.69. The van der Waals surface area contributed by atoms with Crippen LogP contribution in [0.1, 0.15) is 36.7 Å². The second kappa shape index (κ2) is 8.61. The number of nitrogens with one attached hydrogen (secondary N) is 2. The average molecular weight is 310 g/mol. The van der Waals surface area contributed by atoms with Gasteiger partial charge in [0.05, 0.1) is 5.75 Å². The molecule has 1 aromatic heterocycles. The molecule has 116 valence electrons. The first-order chi connectivity index (χ1) is 9.93. The first-order valence-corrected chi connectivity index (χ1v) is 7.95. The molecule has 0 radical (unpaired) electrons. The Morgan fingerprint density at radius 2 is 1.76 bits per heavy atom. The van der Waals surface area contributed by atoms with Gasteiger partial charge < -0.3 is 5.32 Å². The number of imide groups is 1. The molecule has 0 aliphatic heterocycles. The third-order valence-electron chi connectivity index (χ3n) is 3.01. The zero-order chi connectivity index (χ0) is 15.8. The molecule has 0 unspecified atom stereocenters. The molecule has 0 aliphatic carbocycles. The monoisotopic (exact) mass is 310 g/mol. The van der Waals surface area contributed by atoms with Gasteiger partial charge >= 0.3 is 6.03 Å². The van der Waals surface area contributed by atoms with E-state index in [1.165, 1.54) is 11.8 Å². The maximum atomic E-state index is 11.6. The Morgan fingerprint density at radius 1 is 1.14 bits per heavy atom. The Hall–Kier alpha value is -1.63. The lowest BCUT2D eigenvalue weighted by Gasteiger charge is -2.07. The number of hydrogen-bond donors (Lipinski definition) is 2. The maximum absolute atomic E-state index is 11.6. The molecule has 0 aliphatic rings. The van der Waals surface area contributed by atoms with Crippen LogP contribution in [0.4, 0.5) is 4.79 Å². The summed E-state index contributed by atoms with van der Waals surface area (Å²) in [4.78, 5) is 31.7. The molecule has 1 rings (SSSR count). The fourth-order valence-electron chi connectivity index (χ4n) is 1.52. The number of aryl methyl sites for hydroxylation is 2. The lowest BCUT2D eigenvalue weighted by Crippen LogP contribution is -2.40. The topological polar surface area (TPSA) is 84.0 Å². The van der Waals surface area contributed by atoms with Crippen LogP contribution in [-0.2, 0) is 4.79 Å². The number of rotatable bonds is 6. The van der Waals surface area contributed by atoms with Gasteiger partial charge in [-0.3, -0.25) is 10.1 Å². The summed E-state index contributed by atoms with van der Waals surface area (Å²) in [6, 6.07) is -0.453. The average Bonchev–Trinajstić information content (AvgIpc) is 2.42. The van der Waals surface area contributed by atoms with Crippen LogP contribution in [0.25, 0.3) is 0 Å². The standard InChI is InChI=1S/C14H22N4O2S/c1-5-6-7-15-13(20)18-12(19)8-21-14-16-10(3)9(2)11(4)17-14/h5-8H2,1-4H3,(H2,15,18,19,20). The number of unbranched alkanes of at least 4 members (excludes halogenated alkanes) is 1. The summed E-state index contributed by atoms with van der Waals surface area (Å²) in [5.41, 5.74) is 2.87. The first kappa shape index (κ1) is 17.4. The molecular weight excluding hydrogens is 288 g/mol. The molecule has 2 N–H and O–H groups in total. The number of carbonyl (C=O) groups is 2. The molecule has 0 saturated heterocycles. The van der Waals surface area contributed by atoms with Crippen LogP contribution in [-0.4, -0.2) is 34.2 Å². The minimum atomic E-state index is -0.453.